The van der Waals surface area contributed by atoms with E-state index in [2.05, 4.69) is 10.6 Å². The zero-order valence-electron chi connectivity index (χ0n) is 12.8. The summed E-state index contributed by atoms with van der Waals surface area (Å²) in [5, 5.41) is 5.58. The molecule has 0 heterocycles. The van der Waals surface area contributed by atoms with Crippen LogP contribution in [0.1, 0.15) is 30.1 Å². The number of rotatable bonds is 5. The van der Waals surface area contributed by atoms with Crippen LogP contribution in [-0.2, 0) is 0 Å². The van der Waals surface area contributed by atoms with E-state index in [1.54, 1.807) is 36.2 Å². The highest BCUT2D eigenvalue weighted by atomic mass is 35.5. The van der Waals surface area contributed by atoms with Crippen molar-refractivity contribution in [3.05, 3.63) is 29.8 Å². The molecule has 22 heavy (non-hydrogen) atoms. The third-order valence-electron chi connectivity index (χ3n) is 3.60. The van der Waals surface area contributed by atoms with Gasteiger partial charge in [0.15, 0.2) is 0 Å². The zero-order chi connectivity index (χ0) is 15.4. The summed E-state index contributed by atoms with van der Waals surface area (Å²) in [7, 11) is 1.72. The quantitative estimate of drug-likeness (QED) is 0.771. The number of urea groups is 1. The summed E-state index contributed by atoms with van der Waals surface area (Å²) in [5.41, 5.74) is 6.71. The Hall–Kier alpha value is -1.79. The Bertz CT molecular complexity index is 534. The maximum absolute atomic E-state index is 12.3. The van der Waals surface area contributed by atoms with E-state index in [9.17, 15) is 9.59 Å². The third-order valence-corrected chi connectivity index (χ3v) is 3.60. The Morgan fingerprint density at radius 3 is 2.68 bits per heavy atom. The van der Waals surface area contributed by atoms with Crippen LogP contribution in [0.4, 0.5) is 10.5 Å². The first-order valence-corrected chi connectivity index (χ1v) is 7.16. The Morgan fingerprint density at radius 1 is 1.41 bits per heavy atom. The summed E-state index contributed by atoms with van der Waals surface area (Å²) < 4.78 is 0. The topological polar surface area (TPSA) is 87.5 Å². The van der Waals surface area contributed by atoms with Crippen molar-refractivity contribution in [2.75, 3.05) is 18.9 Å². The Kier molecular flexibility index (Phi) is 6.64. The molecule has 1 fully saturated rings. The zero-order valence-corrected chi connectivity index (χ0v) is 13.7. The van der Waals surface area contributed by atoms with Gasteiger partial charge in [-0.3, -0.25) is 4.79 Å². The standard InChI is InChI=1S/C15H22N4O2.ClH/c1-10(9-16)19(2)14(20)11-4-3-5-13(8-11)18-15(21)17-12-6-7-12;/h3-5,8,10,12H,6-7,9,16H2,1-2H3,(H2,17,18,21);1H. The summed E-state index contributed by atoms with van der Waals surface area (Å²) in [6.07, 6.45) is 2.07. The van der Waals surface area contributed by atoms with Crippen LogP contribution in [0.2, 0.25) is 0 Å². The molecule has 0 radical (unpaired) electrons. The van der Waals surface area contributed by atoms with Gasteiger partial charge in [-0.05, 0) is 38.0 Å². The number of hydrogen-bond donors (Lipinski definition) is 3. The van der Waals surface area contributed by atoms with Crippen molar-refractivity contribution in [2.24, 2.45) is 5.73 Å². The number of carbonyl (C=O) groups excluding carboxylic acids is 2. The first-order valence-electron chi connectivity index (χ1n) is 7.16. The fourth-order valence-corrected chi connectivity index (χ4v) is 1.87. The monoisotopic (exact) mass is 326 g/mol. The highest BCUT2D eigenvalue weighted by Gasteiger charge is 2.23. The Balaban J connectivity index is 0.00000242. The van der Waals surface area contributed by atoms with Crippen LogP contribution in [0.5, 0.6) is 0 Å². The number of likely N-dealkylation sites (N-methyl/N-ethyl adjacent to an activating group) is 1. The molecular formula is C15H23ClN4O2. The molecule has 2 rings (SSSR count). The molecule has 1 unspecified atom stereocenters. The van der Waals surface area contributed by atoms with E-state index < -0.39 is 0 Å². The van der Waals surface area contributed by atoms with Crippen LogP contribution in [0.3, 0.4) is 0 Å². The Morgan fingerprint density at radius 2 is 2.09 bits per heavy atom. The second kappa shape index (κ2) is 8.00. The predicted molar refractivity (Wildman–Crippen MR) is 89.5 cm³/mol. The molecule has 0 spiro atoms. The molecule has 1 aliphatic carbocycles. The molecule has 1 aromatic rings. The normalized spacial score (nSPS) is 14.5. The van der Waals surface area contributed by atoms with Crippen molar-refractivity contribution < 1.29 is 9.59 Å². The van der Waals surface area contributed by atoms with Gasteiger partial charge < -0.3 is 21.3 Å². The summed E-state index contributed by atoms with van der Waals surface area (Å²) in [6.45, 7) is 2.30. The summed E-state index contributed by atoms with van der Waals surface area (Å²) in [4.78, 5) is 25.6. The van der Waals surface area contributed by atoms with Crippen LogP contribution >= 0.6 is 12.4 Å². The Labute approximate surface area is 136 Å². The van der Waals surface area contributed by atoms with Gasteiger partial charge in [-0.1, -0.05) is 6.07 Å². The lowest BCUT2D eigenvalue weighted by atomic mass is 10.1. The molecule has 1 aliphatic rings. The minimum absolute atomic E-state index is 0. The maximum Gasteiger partial charge on any atom is 0.319 e. The van der Waals surface area contributed by atoms with Crippen molar-refractivity contribution >= 4 is 30.0 Å². The minimum Gasteiger partial charge on any atom is -0.338 e. The molecule has 0 bridgehead atoms. The number of nitrogens with one attached hydrogen (secondary N) is 2. The van der Waals surface area contributed by atoms with Gasteiger partial charge in [-0.15, -0.1) is 12.4 Å². The van der Waals surface area contributed by atoms with Crippen molar-refractivity contribution in [3.8, 4) is 0 Å². The molecule has 0 saturated heterocycles. The third kappa shape index (κ3) is 4.89. The molecule has 0 aromatic heterocycles. The number of benzene rings is 1. The van der Waals surface area contributed by atoms with Gasteiger partial charge in [0, 0.05) is 36.9 Å². The van der Waals surface area contributed by atoms with Gasteiger partial charge in [-0.25, -0.2) is 4.79 Å². The molecule has 1 atom stereocenters. The van der Waals surface area contributed by atoms with Gasteiger partial charge in [0.05, 0.1) is 0 Å². The number of hydrogen-bond acceptors (Lipinski definition) is 3. The first-order chi connectivity index (χ1) is 10.0. The lowest BCUT2D eigenvalue weighted by Crippen LogP contribution is -2.39. The number of anilines is 1. The van der Waals surface area contributed by atoms with Crippen LogP contribution in [-0.4, -0.2) is 42.5 Å². The molecular weight excluding hydrogens is 304 g/mol. The van der Waals surface area contributed by atoms with E-state index in [0.29, 0.717) is 23.8 Å². The molecule has 7 heteroatoms. The molecule has 4 N–H and O–H groups in total. The van der Waals surface area contributed by atoms with Crippen molar-refractivity contribution in [2.45, 2.75) is 31.8 Å². The van der Waals surface area contributed by atoms with Gasteiger partial charge in [0.2, 0.25) is 0 Å². The number of amides is 3. The average Bonchev–Trinajstić information content (AvgIpc) is 3.28. The average molecular weight is 327 g/mol. The smallest absolute Gasteiger partial charge is 0.319 e. The van der Waals surface area contributed by atoms with Crippen molar-refractivity contribution in [3.63, 3.8) is 0 Å². The highest BCUT2D eigenvalue weighted by molar-refractivity contribution is 5.97. The van der Waals surface area contributed by atoms with Crippen LogP contribution in [0.25, 0.3) is 0 Å². The fraction of sp³-hybridized carbons (Fsp3) is 0.467. The number of nitrogens with zero attached hydrogens (tertiary/aromatic N) is 1. The van der Waals surface area contributed by atoms with Crippen LogP contribution in [0, 0.1) is 0 Å². The van der Waals surface area contributed by atoms with E-state index in [-0.39, 0.29) is 30.4 Å². The molecule has 122 valence electrons. The van der Waals surface area contributed by atoms with Gasteiger partial charge in [0.1, 0.15) is 0 Å². The van der Waals surface area contributed by atoms with E-state index in [4.69, 9.17) is 5.73 Å². The van der Waals surface area contributed by atoms with Crippen molar-refractivity contribution in [1.82, 2.24) is 10.2 Å². The molecule has 6 nitrogen and oxygen atoms in total. The second-order valence-corrected chi connectivity index (χ2v) is 5.45. The molecule has 1 saturated carbocycles. The number of halogens is 1. The largest absolute Gasteiger partial charge is 0.338 e. The predicted octanol–water partition coefficient (Wildman–Crippen LogP) is 1.81. The summed E-state index contributed by atoms with van der Waals surface area (Å²) >= 11 is 0. The summed E-state index contributed by atoms with van der Waals surface area (Å²) in [5.74, 6) is -0.112. The first kappa shape index (κ1) is 18.3. The van der Waals surface area contributed by atoms with Crippen LogP contribution in [0.15, 0.2) is 24.3 Å². The molecule has 0 aliphatic heterocycles. The van der Waals surface area contributed by atoms with Crippen molar-refractivity contribution in [1.29, 1.82) is 0 Å². The van der Waals surface area contributed by atoms with Gasteiger partial charge in [-0.2, -0.15) is 0 Å². The number of carbonyl (C=O) groups is 2. The molecule has 1 aromatic carbocycles. The maximum atomic E-state index is 12.3. The lowest BCUT2D eigenvalue weighted by Gasteiger charge is -2.23. The SMILES string of the molecule is CC(CN)N(C)C(=O)c1cccc(NC(=O)NC2CC2)c1.Cl. The second-order valence-electron chi connectivity index (χ2n) is 5.45. The van der Waals surface area contributed by atoms with Crippen LogP contribution < -0.4 is 16.4 Å². The summed E-state index contributed by atoms with van der Waals surface area (Å²) in [6, 6.07) is 6.95. The minimum atomic E-state index is -0.231. The molecule has 3 amide bonds. The number of nitrogens with two attached hydrogens (primary N) is 1. The van der Waals surface area contributed by atoms with E-state index in [1.807, 2.05) is 6.92 Å². The van der Waals surface area contributed by atoms with Gasteiger partial charge >= 0.3 is 6.03 Å². The lowest BCUT2D eigenvalue weighted by molar-refractivity contribution is 0.0748. The van der Waals surface area contributed by atoms with E-state index >= 15 is 0 Å². The highest BCUT2D eigenvalue weighted by Crippen LogP contribution is 2.19. The van der Waals surface area contributed by atoms with E-state index in [0.717, 1.165) is 12.8 Å². The fourth-order valence-electron chi connectivity index (χ4n) is 1.87. The van der Waals surface area contributed by atoms with Gasteiger partial charge in [0.25, 0.3) is 5.91 Å². The van der Waals surface area contributed by atoms with E-state index in [1.165, 1.54) is 0 Å².